The number of nitrogens with zero attached hydrogens (tertiary/aromatic N) is 2. The van der Waals surface area contributed by atoms with E-state index < -0.39 is 0 Å². The first-order chi connectivity index (χ1) is 8.65. The summed E-state index contributed by atoms with van der Waals surface area (Å²) in [6, 6.07) is 0. The highest BCUT2D eigenvalue weighted by atomic mass is 16.1. The molecule has 2 aliphatic rings. The fourth-order valence-corrected chi connectivity index (χ4v) is 2.93. The normalized spacial score (nSPS) is 25.2. The number of rotatable bonds is 3. The molecule has 2 saturated heterocycles. The lowest BCUT2D eigenvalue weighted by atomic mass is 9.94. The Kier molecular flexibility index (Phi) is 5.01. The minimum Gasteiger partial charge on any atom is -0.356 e. The molecule has 2 fully saturated rings. The molecule has 0 atom stereocenters. The summed E-state index contributed by atoms with van der Waals surface area (Å²) in [5, 5.41) is 3.18. The van der Waals surface area contributed by atoms with Crippen LogP contribution in [0.4, 0.5) is 0 Å². The average molecular weight is 253 g/mol. The van der Waals surface area contributed by atoms with Crippen LogP contribution >= 0.6 is 0 Å². The molecule has 4 nitrogen and oxygen atoms in total. The minimum absolute atomic E-state index is 0.257. The lowest BCUT2D eigenvalue weighted by molar-refractivity contribution is -0.126. The van der Waals surface area contributed by atoms with Gasteiger partial charge in [-0.25, -0.2) is 0 Å². The van der Waals surface area contributed by atoms with E-state index in [-0.39, 0.29) is 5.92 Å². The zero-order chi connectivity index (χ0) is 13.0. The first kappa shape index (κ1) is 13.8. The molecule has 0 aromatic heterocycles. The third kappa shape index (κ3) is 3.95. The third-order valence-corrected chi connectivity index (χ3v) is 4.49. The highest BCUT2D eigenvalue weighted by Gasteiger charge is 2.24. The van der Waals surface area contributed by atoms with Crippen LogP contribution in [0.2, 0.25) is 0 Å². The van der Waals surface area contributed by atoms with Gasteiger partial charge < -0.3 is 15.1 Å². The number of nitrogens with one attached hydrogen (secondary N) is 1. The molecule has 0 aromatic carbocycles. The van der Waals surface area contributed by atoms with E-state index in [4.69, 9.17) is 0 Å². The quantitative estimate of drug-likeness (QED) is 0.807. The van der Waals surface area contributed by atoms with Crippen LogP contribution in [0.25, 0.3) is 0 Å². The monoisotopic (exact) mass is 253 g/mol. The molecule has 2 rings (SSSR count). The van der Waals surface area contributed by atoms with E-state index in [9.17, 15) is 4.79 Å². The molecule has 1 N–H and O–H groups in total. The Labute approximate surface area is 111 Å². The summed E-state index contributed by atoms with van der Waals surface area (Å²) in [5.74, 6) is 1.24. The van der Waals surface area contributed by atoms with Gasteiger partial charge in [-0.1, -0.05) is 0 Å². The largest absolute Gasteiger partial charge is 0.356 e. The van der Waals surface area contributed by atoms with Crippen LogP contribution in [0.1, 0.15) is 25.7 Å². The Hall–Kier alpha value is -0.610. The lowest BCUT2D eigenvalue weighted by Gasteiger charge is -2.31. The van der Waals surface area contributed by atoms with Gasteiger partial charge in [0.05, 0.1) is 0 Å². The maximum Gasteiger partial charge on any atom is 0.223 e. The van der Waals surface area contributed by atoms with E-state index in [2.05, 4.69) is 29.2 Å². The molecule has 0 spiro atoms. The van der Waals surface area contributed by atoms with Crippen LogP contribution in [0.3, 0.4) is 0 Å². The van der Waals surface area contributed by atoms with Crippen molar-refractivity contribution in [1.82, 2.24) is 15.1 Å². The molecule has 0 saturated carbocycles. The Bertz CT molecular complexity index is 266. The highest BCUT2D eigenvalue weighted by Crippen LogP contribution is 2.18. The maximum absolute atomic E-state index is 12.1. The Morgan fingerprint density at radius 1 is 1.00 bits per heavy atom. The van der Waals surface area contributed by atoms with Gasteiger partial charge in [-0.15, -0.1) is 0 Å². The van der Waals surface area contributed by atoms with Gasteiger partial charge in [-0.2, -0.15) is 0 Å². The molecule has 2 heterocycles. The number of hydrogen-bond donors (Lipinski definition) is 1. The molecule has 0 radical (unpaired) electrons. The van der Waals surface area contributed by atoms with Gasteiger partial charge in [0.1, 0.15) is 0 Å². The Balaban J connectivity index is 1.65. The van der Waals surface area contributed by atoms with E-state index in [1.807, 2.05) is 0 Å². The molecule has 1 amide bonds. The second-order valence-electron chi connectivity index (χ2n) is 6.07. The predicted octanol–water partition coefficient (Wildman–Crippen LogP) is 0.786. The van der Waals surface area contributed by atoms with E-state index in [1.165, 1.54) is 25.9 Å². The van der Waals surface area contributed by atoms with Crippen LogP contribution in [-0.2, 0) is 4.79 Å². The summed E-state index contributed by atoms with van der Waals surface area (Å²) in [4.78, 5) is 16.7. The van der Waals surface area contributed by atoms with Gasteiger partial charge in [-0.3, -0.25) is 4.79 Å². The lowest BCUT2D eigenvalue weighted by Crippen LogP contribution is -2.42. The number of carbonyl (C=O) groups excluding carboxylic acids is 1. The molecule has 0 aliphatic carbocycles. The van der Waals surface area contributed by atoms with Gasteiger partial charge in [-0.05, 0) is 71.9 Å². The Morgan fingerprint density at radius 2 is 1.50 bits per heavy atom. The van der Waals surface area contributed by atoms with Crippen molar-refractivity contribution in [2.24, 2.45) is 11.8 Å². The number of carbonyl (C=O) groups is 1. The maximum atomic E-state index is 12.1. The van der Waals surface area contributed by atoms with Crippen molar-refractivity contribution in [3.63, 3.8) is 0 Å². The molecular weight excluding hydrogens is 226 g/mol. The summed E-state index contributed by atoms with van der Waals surface area (Å²) >= 11 is 0. The molecule has 0 aromatic rings. The van der Waals surface area contributed by atoms with Gasteiger partial charge >= 0.3 is 0 Å². The molecule has 0 bridgehead atoms. The van der Waals surface area contributed by atoms with Gasteiger partial charge in [0, 0.05) is 12.5 Å². The van der Waals surface area contributed by atoms with E-state index in [1.54, 1.807) is 0 Å². The highest BCUT2D eigenvalue weighted by molar-refractivity contribution is 5.78. The number of likely N-dealkylation sites (tertiary alicyclic amines) is 2. The number of hydrogen-bond acceptors (Lipinski definition) is 3. The summed E-state index contributed by atoms with van der Waals surface area (Å²) in [6.07, 6.45) is 4.50. The Morgan fingerprint density at radius 3 is 2.06 bits per heavy atom. The van der Waals surface area contributed by atoms with Crippen molar-refractivity contribution < 1.29 is 4.79 Å². The van der Waals surface area contributed by atoms with Crippen molar-refractivity contribution >= 4 is 5.91 Å². The zero-order valence-corrected chi connectivity index (χ0v) is 11.8. The molecule has 4 heteroatoms. The number of amides is 1. The van der Waals surface area contributed by atoms with Crippen LogP contribution in [-0.4, -0.2) is 62.5 Å². The molecular formula is C14H27N3O. The molecule has 18 heavy (non-hydrogen) atoms. The van der Waals surface area contributed by atoms with Crippen molar-refractivity contribution in [2.45, 2.75) is 25.7 Å². The molecule has 2 aliphatic heterocycles. The van der Waals surface area contributed by atoms with Gasteiger partial charge in [0.25, 0.3) is 0 Å². The number of piperidine rings is 2. The van der Waals surface area contributed by atoms with Gasteiger partial charge in [0.2, 0.25) is 5.91 Å². The molecule has 104 valence electrons. The third-order valence-electron chi connectivity index (χ3n) is 4.49. The van der Waals surface area contributed by atoms with E-state index >= 15 is 0 Å². The second-order valence-corrected chi connectivity index (χ2v) is 6.07. The smallest absolute Gasteiger partial charge is 0.223 e. The van der Waals surface area contributed by atoms with Crippen molar-refractivity contribution in [3.05, 3.63) is 0 Å². The summed E-state index contributed by atoms with van der Waals surface area (Å²) < 4.78 is 0. The van der Waals surface area contributed by atoms with Crippen LogP contribution in [0, 0.1) is 11.8 Å². The predicted molar refractivity (Wildman–Crippen MR) is 73.5 cm³/mol. The standard InChI is InChI=1S/C14H27N3O/c1-16-7-3-12(4-8-16)11-15-14(18)13-5-9-17(2)10-6-13/h12-13H,3-11H2,1-2H3,(H,15,18). The summed E-state index contributed by atoms with van der Waals surface area (Å²) in [5.41, 5.74) is 0. The average Bonchev–Trinajstić information content (AvgIpc) is 2.38. The van der Waals surface area contributed by atoms with E-state index in [0.717, 1.165) is 32.5 Å². The van der Waals surface area contributed by atoms with E-state index in [0.29, 0.717) is 11.8 Å². The van der Waals surface area contributed by atoms with Crippen LogP contribution < -0.4 is 5.32 Å². The minimum atomic E-state index is 0.257. The van der Waals surface area contributed by atoms with Crippen molar-refractivity contribution in [3.8, 4) is 0 Å². The van der Waals surface area contributed by atoms with Crippen molar-refractivity contribution in [2.75, 3.05) is 46.8 Å². The topological polar surface area (TPSA) is 35.6 Å². The molecule has 0 unspecified atom stereocenters. The zero-order valence-electron chi connectivity index (χ0n) is 11.8. The summed E-state index contributed by atoms with van der Waals surface area (Å²) in [6.45, 7) is 5.36. The van der Waals surface area contributed by atoms with Crippen molar-refractivity contribution in [1.29, 1.82) is 0 Å². The van der Waals surface area contributed by atoms with Gasteiger partial charge in [0.15, 0.2) is 0 Å². The summed E-state index contributed by atoms with van der Waals surface area (Å²) in [7, 11) is 4.31. The van der Waals surface area contributed by atoms with Crippen LogP contribution in [0.15, 0.2) is 0 Å². The first-order valence-electron chi connectivity index (χ1n) is 7.30. The second kappa shape index (κ2) is 6.53. The fraction of sp³-hybridized carbons (Fsp3) is 0.929. The fourth-order valence-electron chi connectivity index (χ4n) is 2.93. The van der Waals surface area contributed by atoms with Crippen LogP contribution in [0.5, 0.6) is 0 Å². The SMILES string of the molecule is CN1CCC(CNC(=O)C2CCN(C)CC2)CC1. The first-order valence-corrected chi connectivity index (χ1v) is 7.30.